The van der Waals surface area contributed by atoms with Crippen molar-refractivity contribution in [3.05, 3.63) is 74.8 Å². The Morgan fingerprint density at radius 1 is 1.22 bits per heavy atom. The van der Waals surface area contributed by atoms with E-state index in [0.717, 1.165) is 5.56 Å². The molecule has 0 aliphatic carbocycles. The Morgan fingerprint density at radius 2 is 1.93 bits per heavy atom. The highest BCUT2D eigenvalue weighted by molar-refractivity contribution is 6.31. The van der Waals surface area contributed by atoms with E-state index >= 15 is 0 Å². The number of hydrogen-bond acceptors (Lipinski definition) is 5. The third kappa shape index (κ3) is 4.62. The molecule has 0 radical (unpaired) electrons. The minimum Gasteiger partial charge on any atom is -0.461 e. The maximum absolute atomic E-state index is 12.3. The van der Waals surface area contributed by atoms with Gasteiger partial charge in [-0.1, -0.05) is 29.8 Å². The van der Waals surface area contributed by atoms with Gasteiger partial charge in [-0.15, -0.1) is 0 Å². The maximum atomic E-state index is 12.3. The molecular formula is C19H17ClN2O5. The van der Waals surface area contributed by atoms with Crippen molar-refractivity contribution in [3.63, 3.8) is 0 Å². The van der Waals surface area contributed by atoms with Crippen LogP contribution in [0.3, 0.4) is 0 Å². The summed E-state index contributed by atoms with van der Waals surface area (Å²) in [5.41, 5.74) is 1.44. The standard InChI is InChI=1S/C19H17ClN2O5/c20-17-4-2-1-3-14(17)10-21-11-15(9-18(21)23)19(24)27-12-13-5-7-16(8-6-13)22(25)26/h1-8,15H,9-12H2/t15-/m0/s1. The summed E-state index contributed by atoms with van der Waals surface area (Å²) in [5.74, 6) is -1.10. The lowest BCUT2D eigenvalue weighted by atomic mass is 10.1. The molecule has 1 atom stereocenters. The topological polar surface area (TPSA) is 89.7 Å². The first-order valence-corrected chi connectivity index (χ1v) is 8.73. The van der Waals surface area contributed by atoms with Crippen LogP contribution in [0.15, 0.2) is 48.5 Å². The zero-order chi connectivity index (χ0) is 19.4. The molecular weight excluding hydrogens is 372 g/mol. The molecule has 1 fully saturated rings. The summed E-state index contributed by atoms with van der Waals surface area (Å²) >= 11 is 6.13. The van der Waals surface area contributed by atoms with Crippen molar-refractivity contribution >= 4 is 29.2 Å². The Hall–Kier alpha value is -2.93. The summed E-state index contributed by atoms with van der Waals surface area (Å²) in [4.78, 5) is 36.2. The van der Waals surface area contributed by atoms with Gasteiger partial charge in [-0.3, -0.25) is 19.7 Å². The average molecular weight is 389 g/mol. The molecule has 1 aliphatic heterocycles. The highest BCUT2D eigenvalue weighted by atomic mass is 35.5. The molecule has 0 spiro atoms. The Kier molecular flexibility index (Phi) is 5.71. The molecule has 1 heterocycles. The summed E-state index contributed by atoms with van der Waals surface area (Å²) in [5, 5.41) is 11.2. The number of hydrogen-bond donors (Lipinski definition) is 0. The number of ether oxygens (including phenoxy) is 1. The van der Waals surface area contributed by atoms with Crippen LogP contribution in [0.1, 0.15) is 17.5 Å². The van der Waals surface area contributed by atoms with Crippen LogP contribution in [-0.2, 0) is 27.5 Å². The van der Waals surface area contributed by atoms with Crippen molar-refractivity contribution in [1.29, 1.82) is 0 Å². The number of carbonyl (C=O) groups is 2. The first-order chi connectivity index (χ1) is 12.9. The number of amides is 1. The summed E-state index contributed by atoms with van der Waals surface area (Å²) in [6.07, 6.45) is 0.101. The minimum atomic E-state index is -0.530. The van der Waals surface area contributed by atoms with Crippen molar-refractivity contribution in [3.8, 4) is 0 Å². The fourth-order valence-electron chi connectivity index (χ4n) is 2.90. The number of likely N-dealkylation sites (tertiary alicyclic amines) is 1. The SMILES string of the molecule is O=C(OCc1ccc([N+](=O)[O-])cc1)[C@H]1CC(=O)N(Cc2ccccc2Cl)C1. The molecule has 2 aromatic carbocycles. The first kappa shape index (κ1) is 18.8. The second-order valence-corrected chi connectivity index (χ2v) is 6.71. The van der Waals surface area contributed by atoms with E-state index in [1.165, 1.54) is 24.3 Å². The highest BCUT2D eigenvalue weighted by Gasteiger charge is 2.35. The van der Waals surface area contributed by atoms with Crippen LogP contribution in [0.2, 0.25) is 5.02 Å². The van der Waals surface area contributed by atoms with Crippen molar-refractivity contribution in [2.24, 2.45) is 5.92 Å². The summed E-state index contributed by atoms with van der Waals surface area (Å²) in [6.45, 7) is 0.639. The molecule has 7 nitrogen and oxygen atoms in total. The van der Waals surface area contributed by atoms with Crippen LogP contribution >= 0.6 is 11.6 Å². The first-order valence-electron chi connectivity index (χ1n) is 8.35. The van der Waals surface area contributed by atoms with Crippen molar-refractivity contribution in [1.82, 2.24) is 4.90 Å². The minimum absolute atomic E-state index is 0.00598. The van der Waals surface area contributed by atoms with E-state index in [1.54, 1.807) is 11.0 Å². The van der Waals surface area contributed by atoms with Gasteiger partial charge in [0.1, 0.15) is 6.61 Å². The predicted molar refractivity (Wildman–Crippen MR) is 97.9 cm³/mol. The smallest absolute Gasteiger partial charge is 0.311 e. The molecule has 0 saturated carbocycles. The van der Waals surface area contributed by atoms with E-state index < -0.39 is 16.8 Å². The monoisotopic (exact) mass is 388 g/mol. The van der Waals surface area contributed by atoms with Gasteiger partial charge < -0.3 is 9.64 Å². The summed E-state index contributed by atoms with van der Waals surface area (Å²) < 4.78 is 5.27. The van der Waals surface area contributed by atoms with Gasteiger partial charge in [-0.05, 0) is 29.3 Å². The Morgan fingerprint density at radius 3 is 2.59 bits per heavy atom. The van der Waals surface area contributed by atoms with Crippen molar-refractivity contribution < 1.29 is 19.2 Å². The van der Waals surface area contributed by atoms with Gasteiger partial charge in [-0.25, -0.2) is 0 Å². The van der Waals surface area contributed by atoms with Crippen LogP contribution in [-0.4, -0.2) is 28.2 Å². The molecule has 1 aliphatic rings. The van der Waals surface area contributed by atoms with Gasteiger partial charge in [0.25, 0.3) is 5.69 Å². The predicted octanol–water partition coefficient (Wildman–Crippen LogP) is 3.34. The lowest BCUT2D eigenvalue weighted by Crippen LogP contribution is -2.26. The second kappa shape index (κ2) is 8.18. The van der Waals surface area contributed by atoms with Gasteiger partial charge in [0.05, 0.1) is 10.8 Å². The number of carbonyl (C=O) groups excluding carboxylic acids is 2. The second-order valence-electron chi connectivity index (χ2n) is 6.30. The van der Waals surface area contributed by atoms with E-state index in [1.807, 2.05) is 18.2 Å². The molecule has 27 heavy (non-hydrogen) atoms. The van der Waals surface area contributed by atoms with Gasteiger partial charge in [-0.2, -0.15) is 0 Å². The molecule has 0 aromatic heterocycles. The fraction of sp³-hybridized carbons (Fsp3) is 0.263. The molecule has 3 rings (SSSR count). The van der Waals surface area contributed by atoms with E-state index in [0.29, 0.717) is 17.1 Å². The van der Waals surface area contributed by atoms with Crippen LogP contribution in [0, 0.1) is 16.0 Å². The lowest BCUT2D eigenvalue weighted by molar-refractivity contribution is -0.384. The Labute approximate surface area is 160 Å². The highest BCUT2D eigenvalue weighted by Crippen LogP contribution is 2.24. The van der Waals surface area contributed by atoms with E-state index in [-0.39, 0.29) is 31.2 Å². The number of esters is 1. The third-order valence-electron chi connectivity index (χ3n) is 4.40. The molecule has 1 saturated heterocycles. The quantitative estimate of drug-likeness (QED) is 0.430. The lowest BCUT2D eigenvalue weighted by Gasteiger charge is -2.17. The summed E-state index contributed by atoms with van der Waals surface area (Å²) in [7, 11) is 0. The molecule has 0 bridgehead atoms. The molecule has 0 N–H and O–H groups in total. The zero-order valence-electron chi connectivity index (χ0n) is 14.3. The van der Waals surface area contributed by atoms with Crippen molar-refractivity contribution in [2.75, 3.05) is 6.54 Å². The molecule has 140 valence electrons. The van der Waals surface area contributed by atoms with Crippen molar-refractivity contribution in [2.45, 2.75) is 19.6 Å². The van der Waals surface area contributed by atoms with Gasteiger partial charge in [0.2, 0.25) is 5.91 Å². The molecule has 0 unspecified atom stereocenters. The number of nitro benzene ring substituents is 1. The molecule has 1 amide bonds. The van der Waals surface area contributed by atoms with Crippen LogP contribution in [0.5, 0.6) is 0 Å². The van der Waals surface area contributed by atoms with E-state index in [9.17, 15) is 19.7 Å². The number of benzene rings is 2. The zero-order valence-corrected chi connectivity index (χ0v) is 15.1. The van der Waals surface area contributed by atoms with E-state index in [4.69, 9.17) is 16.3 Å². The fourth-order valence-corrected chi connectivity index (χ4v) is 3.10. The number of halogens is 1. The third-order valence-corrected chi connectivity index (χ3v) is 4.76. The van der Waals surface area contributed by atoms with Crippen LogP contribution in [0.4, 0.5) is 5.69 Å². The normalized spacial score (nSPS) is 16.4. The van der Waals surface area contributed by atoms with Gasteiger partial charge >= 0.3 is 5.97 Å². The molecule has 2 aromatic rings. The average Bonchev–Trinajstić information content (AvgIpc) is 3.02. The largest absolute Gasteiger partial charge is 0.461 e. The maximum Gasteiger partial charge on any atom is 0.311 e. The van der Waals surface area contributed by atoms with Crippen LogP contribution < -0.4 is 0 Å². The summed E-state index contributed by atoms with van der Waals surface area (Å²) in [6, 6.07) is 13.0. The van der Waals surface area contributed by atoms with Gasteiger partial charge in [0.15, 0.2) is 0 Å². The molecule has 8 heteroatoms. The van der Waals surface area contributed by atoms with Crippen LogP contribution in [0.25, 0.3) is 0 Å². The number of non-ortho nitro benzene ring substituents is 1. The van der Waals surface area contributed by atoms with Gasteiger partial charge in [0, 0.05) is 36.7 Å². The number of nitro groups is 1. The Bertz CT molecular complexity index is 869. The van der Waals surface area contributed by atoms with E-state index in [2.05, 4.69) is 0 Å². The Balaban J connectivity index is 1.54. The number of rotatable bonds is 6. The number of nitrogens with zero attached hydrogens (tertiary/aromatic N) is 2.